The number of rotatable bonds is 10. The molecule has 1 aromatic rings. The molecule has 0 saturated heterocycles. The van der Waals surface area contributed by atoms with Gasteiger partial charge in [-0.05, 0) is 39.0 Å². The number of ketones is 1. The maximum atomic E-state index is 11.6. The zero-order chi connectivity index (χ0) is 15.7. The highest BCUT2D eigenvalue weighted by atomic mass is 16.5. The average molecular weight is 294 g/mol. The molecule has 0 atom stereocenters. The van der Waals surface area contributed by atoms with Crippen molar-refractivity contribution in [3.05, 3.63) is 23.8 Å². The highest BCUT2D eigenvalue weighted by Crippen LogP contribution is 2.21. The number of nitrogens with zero attached hydrogens (tertiary/aromatic N) is 1. The molecule has 21 heavy (non-hydrogen) atoms. The summed E-state index contributed by atoms with van der Waals surface area (Å²) in [4.78, 5) is 13.8. The number of hydrogen-bond acceptors (Lipinski definition) is 5. The topological polar surface area (TPSA) is 64.8 Å². The number of nitrogens with two attached hydrogens (primary N) is 1. The molecule has 1 aromatic carbocycles. The van der Waals surface area contributed by atoms with Crippen LogP contribution in [0.2, 0.25) is 0 Å². The number of nitrogen functional groups attached to an aromatic ring is 1. The largest absolute Gasteiger partial charge is 0.398 e. The van der Waals surface area contributed by atoms with Crippen molar-refractivity contribution in [2.45, 2.75) is 20.8 Å². The number of ether oxygens (including phenoxy) is 2. The lowest BCUT2D eigenvalue weighted by Crippen LogP contribution is -2.31. The van der Waals surface area contributed by atoms with E-state index < -0.39 is 0 Å². The van der Waals surface area contributed by atoms with Gasteiger partial charge in [-0.15, -0.1) is 0 Å². The Hall–Kier alpha value is -1.59. The molecule has 5 nitrogen and oxygen atoms in total. The molecule has 0 aliphatic heterocycles. The molecule has 0 unspecified atom stereocenters. The minimum Gasteiger partial charge on any atom is -0.398 e. The average Bonchev–Trinajstić information content (AvgIpc) is 2.46. The fourth-order valence-electron chi connectivity index (χ4n) is 2.05. The van der Waals surface area contributed by atoms with Gasteiger partial charge < -0.3 is 20.1 Å². The Morgan fingerprint density at radius 3 is 2.19 bits per heavy atom. The monoisotopic (exact) mass is 294 g/mol. The summed E-state index contributed by atoms with van der Waals surface area (Å²) in [6.45, 7) is 9.65. The molecule has 0 fully saturated rings. The maximum Gasteiger partial charge on any atom is 0.161 e. The molecule has 0 aromatic heterocycles. The van der Waals surface area contributed by atoms with Crippen molar-refractivity contribution in [3.63, 3.8) is 0 Å². The number of anilines is 2. The first-order valence-electron chi connectivity index (χ1n) is 7.41. The molecule has 5 heteroatoms. The van der Waals surface area contributed by atoms with E-state index in [0.717, 1.165) is 18.8 Å². The number of benzene rings is 1. The molecule has 0 heterocycles. The highest BCUT2D eigenvalue weighted by Gasteiger charge is 2.11. The number of carbonyl (C=O) groups is 1. The summed E-state index contributed by atoms with van der Waals surface area (Å²) in [5.74, 6) is -0.0242. The van der Waals surface area contributed by atoms with Crippen LogP contribution in [0, 0.1) is 0 Å². The fraction of sp³-hybridized carbons (Fsp3) is 0.562. The zero-order valence-electron chi connectivity index (χ0n) is 13.2. The van der Waals surface area contributed by atoms with Crippen LogP contribution in [0.15, 0.2) is 18.2 Å². The van der Waals surface area contributed by atoms with E-state index in [0.29, 0.717) is 37.7 Å². The minimum absolute atomic E-state index is 0.0242. The maximum absolute atomic E-state index is 11.6. The summed E-state index contributed by atoms with van der Waals surface area (Å²) in [7, 11) is 0. The lowest BCUT2D eigenvalue weighted by atomic mass is 10.1. The molecule has 0 radical (unpaired) electrons. The predicted molar refractivity (Wildman–Crippen MR) is 86.1 cm³/mol. The van der Waals surface area contributed by atoms with E-state index in [-0.39, 0.29) is 5.78 Å². The smallest absolute Gasteiger partial charge is 0.161 e. The van der Waals surface area contributed by atoms with Gasteiger partial charge in [0, 0.05) is 43.2 Å². The Morgan fingerprint density at radius 1 is 1.14 bits per heavy atom. The van der Waals surface area contributed by atoms with Crippen LogP contribution in [0.3, 0.4) is 0 Å². The molecular formula is C16H26N2O3. The van der Waals surface area contributed by atoms with E-state index in [4.69, 9.17) is 15.2 Å². The number of hydrogen-bond donors (Lipinski definition) is 1. The van der Waals surface area contributed by atoms with E-state index in [2.05, 4.69) is 4.90 Å². The van der Waals surface area contributed by atoms with Crippen molar-refractivity contribution < 1.29 is 14.3 Å². The van der Waals surface area contributed by atoms with Crippen molar-refractivity contribution in [1.82, 2.24) is 0 Å². The predicted octanol–water partition coefficient (Wildman–Crippen LogP) is 2.35. The third kappa shape index (κ3) is 5.73. The van der Waals surface area contributed by atoms with Crippen LogP contribution >= 0.6 is 0 Å². The molecule has 0 bridgehead atoms. The summed E-state index contributed by atoms with van der Waals surface area (Å²) in [6.07, 6.45) is 0. The minimum atomic E-state index is -0.0242. The molecule has 0 spiro atoms. The van der Waals surface area contributed by atoms with Gasteiger partial charge in [-0.25, -0.2) is 0 Å². The van der Waals surface area contributed by atoms with Crippen LogP contribution in [0.5, 0.6) is 0 Å². The first kappa shape index (κ1) is 17.5. The second kappa shape index (κ2) is 9.37. The van der Waals surface area contributed by atoms with E-state index in [1.807, 2.05) is 26.0 Å². The second-order valence-electron chi connectivity index (χ2n) is 4.71. The molecule has 0 aliphatic carbocycles. The van der Waals surface area contributed by atoms with Crippen LogP contribution < -0.4 is 10.6 Å². The van der Waals surface area contributed by atoms with E-state index in [1.54, 1.807) is 6.07 Å². The van der Waals surface area contributed by atoms with Crippen LogP contribution in [0.25, 0.3) is 0 Å². The molecule has 0 saturated carbocycles. The molecular weight excluding hydrogens is 268 g/mol. The van der Waals surface area contributed by atoms with Gasteiger partial charge in [0.25, 0.3) is 0 Å². The molecule has 2 N–H and O–H groups in total. The normalized spacial score (nSPS) is 10.6. The Kier molecular flexibility index (Phi) is 7.79. The van der Waals surface area contributed by atoms with Gasteiger partial charge in [-0.2, -0.15) is 0 Å². The van der Waals surface area contributed by atoms with Crippen molar-refractivity contribution in [2.75, 3.05) is 50.2 Å². The van der Waals surface area contributed by atoms with Crippen molar-refractivity contribution in [2.24, 2.45) is 0 Å². The van der Waals surface area contributed by atoms with Gasteiger partial charge >= 0.3 is 0 Å². The summed E-state index contributed by atoms with van der Waals surface area (Å²) < 4.78 is 10.8. The summed E-state index contributed by atoms with van der Waals surface area (Å²) in [5.41, 5.74) is 7.89. The fourth-order valence-corrected chi connectivity index (χ4v) is 2.05. The Labute approximate surface area is 127 Å². The van der Waals surface area contributed by atoms with Gasteiger partial charge in [0.15, 0.2) is 5.78 Å². The second-order valence-corrected chi connectivity index (χ2v) is 4.71. The van der Waals surface area contributed by atoms with Crippen LogP contribution in [0.4, 0.5) is 11.4 Å². The van der Waals surface area contributed by atoms with Crippen LogP contribution in [-0.4, -0.2) is 45.3 Å². The third-order valence-electron chi connectivity index (χ3n) is 3.20. The summed E-state index contributed by atoms with van der Waals surface area (Å²) in [6, 6.07) is 5.55. The van der Waals surface area contributed by atoms with Gasteiger partial charge in [-0.3, -0.25) is 4.79 Å². The SMILES string of the molecule is CCOCCN(CCOCC)c1ccc(N)c(C(C)=O)c1. The first-order chi connectivity index (χ1) is 10.1. The van der Waals surface area contributed by atoms with Gasteiger partial charge in [0.2, 0.25) is 0 Å². The molecule has 1 rings (SSSR count). The Morgan fingerprint density at radius 2 is 1.71 bits per heavy atom. The first-order valence-corrected chi connectivity index (χ1v) is 7.41. The lowest BCUT2D eigenvalue weighted by Gasteiger charge is -2.25. The van der Waals surface area contributed by atoms with Crippen molar-refractivity contribution in [1.29, 1.82) is 0 Å². The van der Waals surface area contributed by atoms with Gasteiger partial charge in [0.05, 0.1) is 13.2 Å². The standard InChI is InChI=1S/C16H26N2O3/c1-4-20-10-8-18(9-11-21-5-2)14-6-7-16(17)15(12-14)13(3)19/h6-7,12H,4-5,8-11,17H2,1-3H3. The highest BCUT2D eigenvalue weighted by molar-refractivity contribution is 6.00. The van der Waals surface area contributed by atoms with Gasteiger partial charge in [-0.1, -0.05) is 0 Å². The quantitative estimate of drug-likeness (QED) is 0.408. The summed E-state index contributed by atoms with van der Waals surface area (Å²) in [5, 5.41) is 0. The Balaban J connectivity index is 2.84. The third-order valence-corrected chi connectivity index (χ3v) is 3.20. The van der Waals surface area contributed by atoms with Crippen molar-refractivity contribution in [3.8, 4) is 0 Å². The Bertz CT molecular complexity index is 439. The van der Waals surface area contributed by atoms with E-state index in [9.17, 15) is 4.79 Å². The van der Waals surface area contributed by atoms with Crippen LogP contribution in [0.1, 0.15) is 31.1 Å². The molecule has 0 aliphatic rings. The van der Waals surface area contributed by atoms with Crippen molar-refractivity contribution >= 4 is 17.2 Å². The van der Waals surface area contributed by atoms with Gasteiger partial charge in [0.1, 0.15) is 0 Å². The molecule has 0 amide bonds. The lowest BCUT2D eigenvalue weighted by molar-refractivity contribution is 0.101. The van der Waals surface area contributed by atoms with E-state index >= 15 is 0 Å². The number of Topliss-reactive ketones (excluding diaryl/α,β-unsaturated/α-hetero) is 1. The summed E-state index contributed by atoms with van der Waals surface area (Å²) >= 11 is 0. The van der Waals surface area contributed by atoms with Crippen LogP contribution in [-0.2, 0) is 9.47 Å². The van der Waals surface area contributed by atoms with E-state index in [1.165, 1.54) is 6.92 Å². The zero-order valence-corrected chi connectivity index (χ0v) is 13.2. The number of carbonyl (C=O) groups excluding carboxylic acids is 1. The molecule has 118 valence electrons.